The Morgan fingerprint density at radius 1 is 1.28 bits per heavy atom. The maximum absolute atomic E-state index is 5.95. The highest BCUT2D eigenvalue weighted by Crippen LogP contribution is 2.25. The maximum Gasteiger partial charge on any atom is 0.0612 e. The molecule has 0 aliphatic carbocycles. The predicted octanol–water partition coefficient (Wildman–Crippen LogP) is 4.21. The highest BCUT2D eigenvalue weighted by molar-refractivity contribution is 6.42. The summed E-state index contributed by atoms with van der Waals surface area (Å²) in [7, 11) is 0. The zero-order valence-corrected chi connectivity index (χ0v) is 11.7. The van der Waals surface area contributed by atoms with Crippen LogP contribution in [0.2, 0.25) is 10.0 Å². The molecule has 0 amide bonds. The zero-order chi connectivity index (χ0) is 13.0. The molecule has 1 heterocycles. The van der Waals surface area contributed by atoms with Gasteiger partial charge in [-0.3, -0.25) is 4.68 Å². The summed E-state index contributed by atoms with van der Waals surface area (Å²) < 4.78 is 1.95. The molecule has 2 aromatic rings. The number of benzene rings is 1. The van der Waals surface area contributed by atoms with Gasteiger partial charge in [0.15, 0.2) is 0 Å². The van der Waals surface area contributed by atoms with E-state index in [0.29, 0.717) is 10.0 Å². The van der Waals surface area contributed by atoms with Crippen molar-refractivity contribution in [3.63, 3.8) is 0 Å². The molecule has 0 spiro atoms. The van der Waals surface area contributed by atoms with Gasteiger partial charge >= 0.3 is 0 Å². The van der Waals surface area contributed by atoms with Crippen LogP contribution in [0, 0.1) is 0 Å². The zero-order valence-electron chi connectivity index (χ0n) is 10.2. The van der Waals surface area contributed by atoms with Crippen molar-refractivity contribution in [2.45, 2.75) is 26.4 Å². The molecule has 1 N–H and O–H groups in total. The molecule has 0 radical (unpaired) electrons. The molecule has 0 unspecified atom stereocenters. The van der Waals surface area contributed by atoms with E-state index >= 15 is 0 Å². The number of hydrogen-bond donors (Lipinski definition) is 1. The van der Waals surface area contributed by atoms with Crippen LogP contribution in [0.1, 0.15) is 18.9 Å². The third-order valence-electron chi connectivity index (χ3n) is 2.56. The van der Waals surface area contributed by atoms with E-state index < -0.39 is 0 Å². The van der Waals surface area contributed by atoms with E-state index in [0.717, 1.165) is 30.8 Å². The Morgan fingerprint density at radius 3 is 2.83 bits per heavy atom. The Bertz CT molecular complexity index is 523. The standard InChI is InChI=1S/C13H15Cl2N3/c1-2-5-18-9-10(8-17-18)7-16-11-3-4-12(14)13(15)6-11/h3-4,6,8-9,16H,2,5,7H2,1H3. The van der Waals surface area contributed by atoms with E-state index in [1.165, 1.54) is 0 Å². The largest absolute Gasteiger partial charge is 0.381 e. The molecule has 0 aliphatic rings. The maximum atomic E-state index is 5.95. The number of nitrogens with zero attached hydrogens (tertiary/aromatic N) is 2. The first-order valence-corrected chi connectivity index (χ1v) is 6.65. The minimum atomic E-state index is 0.559. The first-order valence-electron chi connectivity index (χ1n) is 5.89. The van der Waals surface area contributed by atoms with Crippen LogP contribution in [-0.4, -0.2) is 9.78 Å². The molecule has 5 heteroatoms. The fourth-order valence-corrected chi connectivity index (χ4v) is 1.96. The second-order valence-corrected chi connectivity index (χ2v) is 4.91. The van der Waals surface area contributed by atoms with Crippen molar-refractivity contribution >= 4 is 28.9 Å². The van der Waals surface area contributed by atoms with Crippen molar-refractivity contribution in [3.05, 3.63) is 46.2 Å². The fourth-order valence-electron chi connectivity index (χ4n) is 1.66. The minimum Gasteiger partial charge on any atom is -0.381 e. The quantitative estimate of drug-likeness (QED) is 0.891. The third kappa shape index (κ3) is 3.40. The summed E-state index contributed by atoms with van der Waals surface area (Å²) in [4.78, 5) is 0. The molecule has 18 heavy (non-hydrogen) atoms. The summed E-state index contributed by atoms with van der Waals surface area (Å²) in [6, 6.07) is 5.51. The molecule has 0 aliphatic heterocycles. The Labute approximate surface area is 117 Å². The normalized spacial score (nSPS) is 10.6. The predicted molar refractivity (Wildman–Crippen MR) is 76.3 cm³/mol. The molecule has 0 fully saturated rings. The van der Waals surface area contributed by atoms with E-state index in [1.54, 1.807) is 6.07 Å². The van der Waals surface area contributed by atoms with Crippen molar-refractivity contribution in [3.8, 4) is 0 Å². The molecule has 0 saturated heterocycles. The van der Waals surface area contributed by atoms with Crippen LogP contribution in [0.5, 0.6) is 0 Å². The van der Waals surface area contributed by atoms with Crippen LogP contribution in [0.3, 0.4) is 0 Å². The average molecular weight is 284 g/mol. The van der Waals surface area contributed by atoms with Crippen LogP contribution in [0.4, 0.5) is 5.69 Å². The van der Waals surface area contributed by atoms with Crippen LogP contribution in [0.15, 0.2) is 30.6 Å². The highest BCUT2D eigenvalue weighted by atomic mass is 35.5. The lowest BCUT2D eigenvalue weighted by Gasteiger charge is -2.05. The number of nitrogens with one attached hydrogen (secondary N) is 1. The second kappa shape index (κ2) is 6.12. The van der Waals surface area contributed by atoms with Crippen molar-refractivity contribution < 1.29 is 0 Å². The Hall–Kier alpha value is -1.19. The lowest BCUT2D eigenvalue weighted by molar-refractivity contribution is 0.602. The van der Waals surface area contributed by atoms with Gasteiger partial charge in [-0.25, -0.2) is 0 Å². The van der Waals surface area contributed by atoms with Gasteiger partial charge in [0.25, 0.3) is 0 Å². The van der Waals surface area contributed by atoms with Crippen LogP contribution < -0.4 is 5.32 Å². The molecule has 2 rings (SSSR count). The van der Waals surface area contributed by atoms with Gasteiger partial charge in [0.2, 0.25) is 0 Å². The van der Waals surface area contributed by atoms with Gasteiger partial charge in [-0.2, -0.15) is 5.10 Å². The molecular weight excluding hydrogens is 269 g/mol. The van der Waals surface area contributed by atoms with E-state index in [4.69, 9.17) is 23.2 Å². The molecule has 96 valence electrons. The number of anilines is 1. The van der Waals surface area contributed by atoms with Crippen molar-refractivity contribution in [2.75, 3.05) is 5.32 Å². The van der Waals surface area contributed by atoms with Gasteiger partial charge in [-0.15, -0.1) is 0 Å². The van der Waals surface area contributed by atoms with E-state index in [-0.39, 0.29) is 0 Å². The first-order chi connectivity index (χ1) is 8.69. The van der Waals surface area contributed by atoms with Crippen molar-refractivity contribution in [1.82, 2.24) is 9.78 Å². The molecule has 3 nitrogen and oxygen atoms in total. The second-order valence-electron chi connectivity index (χ2n) is 4.09. The minimum absolute atomic E-state index is 0.559. The molecule has 0 saturated carbocycles. The Balaban J connectivity index is 1.95. The fraction of sp³-hybridized carbons (Fsp3) is 0.308. The third-order valence-corrected chi connectivity index (χ3v) is 3.29. The van der Waals surface area contributed by atoms with Gasteiger partial charge in [-0.1, -0.05) is 30.1 Å². The number of aryl methyl sites for hydroxylation is 1. The summed E-state index contributed by atoms with van der Waals surface area (Å²) in [5.41, 5.74) is 2.10. The average Bonchev–Trinajstić information content (AvgIpc) is 2.79. The Morgan fingerprint density at radius 2 is 2.11 bits per heavy atom. The molecule has 1 aromatic carbocycles. The number of aromatic nitrogens is 2. The van der Waals surface area contributed by atoms with Gasteiger partial charge < -0.3 is 5.32 Å². The van der Waals surface area contributed by atoms with Crippen LogP contribution in [0.25, 0.3) is 0 Å². The molecule has 1 aromatic heterocycles. The van der Waals surface area contributed by atoms with Crippen LogP contribution >= 0.6 is 23.2 Å². The van der Waals surface area contributed by atoms with E-state index in [2.05, 4.69) is 17.3 Å². The number of hydrogen-bond acceptors (Lipinski definition) is 2. The van der Waals surface area contributed by atoms with Crippen LogP contribution in [-0.2, 0) is 13.1 Å². The topological polar surface area (TPSA) is 29.9 Å². The monoisotopic (exact) mass is 283 g/mol. The summed E-state index contributed by atoms with van der Waals surface area (Å²) in [5, 5.41) is 8.69. The van der Waals surface area contributed by atoms with Gasteiger partial charge in [0.1, 0.15) is 0 Å². The Kier molecular flexibility index (Phi) is 4.50. The molecule has 0 bridgehead atoms. The summed E-state index contributed by atoms with van der Waals surface area (Å²) in [6.07, 6.45) is 5.01. The number of rotatable bonds is 5. The van der Waals surface area contributed by atoms with Gasteiger partial charge in [0.05, 0.1) is 16.2 Å². The van der Waals surface area contributed by atoms with E-state index in [9.17, 15) is 0 Å². The van der Waals surface area contributed by atoms with Gasteiger partial charge in [-0.05, 0) is 24.6 Å². The van der Waals surface area contributed by atoms with E-state index in [1.807, 2.05) is 29.2 Å². The lowest BCUT2D eigenvalue weighted by Crippen LogP contribution is -1.99. The van der Waals surface area contributed by atoms with Crippen molar-refractivity contribution in [2.24, 2.45) is 0 Å². The highest BCUT2D eigenvalue weighted by Gasteiger charge is 2.01. The molecule has 0 atom stereocenters. The van der Waals surface area contributed by atoms with Gasteiger partial charge in [0, 0.05) is 30.5 Å². The summed E-state index contributed by atoms with van der Waals surface area (Å²) >= 11 is 11.8. The lowest BCUT2D eigenvalue weighted by atomic mass is 10.3. The first kappa shape index (κ1) is 13.2. The summed E-state index contributed by atoms with van der Waals surface area (Å²) in [6.45, 7) is 3.81. The molecular formula is C13H15Cl2N3. The SMILES string of the molecule is CCCn1cc(CNc2ccc(Cl)c(Cl)c2)cn1. The van der Waals surface area contributed by atoms with Crippen molar-refractivity contribution in [1.29, 1.82) is 0 Å². The summed E-state index contributed by atoms with van der Waals surface area (Å²) in [5.74, 6) is 0. The smallest absolute Gasteiger partial charge is 0.0612 e. The number of halogens is 2.